The van der Waals surface area contributed by atoms with Crippen molar-refractivity contribution in [2.75, 3.05) is 5.73 Å². The molecule has 2 heterocycles. The first-order valence-electron chi connectivity index (χ1n) is 5.71. The molecule has 0 fully saturated rings. The summed E-state index contributed by atoms with van der Waals surface area (Å²) in [7, 11) is 0. The van der Waals surface area contributed by atoms with Crippen molar-refractivity contribution >= 4 is 39.1 Å². The molecule has 7 heteroatoms. The highest BCUT2D eigenvalue weighted by atomic mass is 35.5. The Labute approximate surface area is 122 Å². The maximum Gasteiger partial charge on any atom is 0.261 e. The third-order valence-corrected chi connectivity index (χ3v) is 4.45. The third kappa shape index (κ3) is 1.97. The van der Waals surface area contributed by atoms with E-state index in [0.717, 1.165) is 0 Å². The van der Waals surface area contributed by atoms with Crippen LogP contribution in [0, 0.1) is 12.7 Å². The van der Waals surface area contributed by atoms with Crippen LogP contribution in [0.5, 0.6) is 0 Å². The van der Waals surface area contributed by atoms with Gasteiger partial charge in [0.05, 0.1) is 5.39 Å². The fourth-order valence-corrected chi connectivity index (χ4v) is 3.47. The second kappa shape index (κ2) is 4.57. The van der Waals surface area contributed by atoms with Crippen LogP contribution in [0.1, 0.15) is 5.56 Å². The lowest BCUT2D eigenvalue weighted by Crippen LogP contribution is -2.10. The highest BCUT2D eigenvalue weighted by molar-refractivity contribution is 7.22. The van der Waals surface area contributed by atoms with Crippen molar-refractivity contribution in [2.24, 2.45) is 0 Å². The molecule has 3 aromatic rings. The Balaban J connectivity index is 2.35. The average Bonchev–Trinajstić information content (AvgIpc) is 2.66. The molecule has 0 radical (unpaired) electrons. The van der Waals surface area contributed by atoms with E-state index in [1.807, 2.05) is 0 Å². The van der Waals surface area contributed by atoms with Crippen LogP contribution in [0.25, 0.3) is 20.7 Å². The number of H-pyrrole nitrogens is 1. The lowest BCUT2D eigenvalue weighted by Gasteiger charge is -2.02. The van der Waals surface area contributed by atoms with Crippen molar-refractivity contribution in [1.82, 2.24) is 9.97 Å². The minimum atomic E-state index is -0.434. The standard InChI is InChI=1S/C13H9ClFN3OS/c1-5-9-11(19)17-13(16)18-12(9)20-10(5)7-3-2-6(14)4-8(7)15/h2-4H,1H3,(H3,16,17,18,19). The van der Waals surface area contributed by atoms with Gasteiger partial charge in [-0.25, -0.2) is 9.37 Å². The van der Waals surface area contributed by atoms with Crippen molar-refractivity contribution in [3.05, 3.63) is 45.0 Å². The third-order valence-electron chi connectivity index (χ3n) is 2.99. The Kier molecular flexibility index (Phi) is 2.99. The number of rotatable bonds is 1. The fraction of sp³-hybridized carbons (Fsp3) is 0.0769. The van der Waals surface area contributed by atoms with Crippen LogP contribution >= 0.6 is 22.9 Å². The molecule has 1 aromatic carbocycles. The summed E-state index contributed by atoms with van der Waals surface area (Å²) in [5.74, 6) is -0.386. The number of anilines is 1. The van der Waals surface area contributed by atoms with E-state index in [1.54, 1.807) is 19.1 Å². The van der Waals surface area contributed by atoms with Crippen molar-refractivity contribution in [1.29, 1.82) is 0 Å². The molecule has 0 saturated carbocycles. The lowest BCUT2D eigenvalue weighted by molar-refractivity contribution is 0.631. The molecule has 102 valence electrons. The first-order chi connectivity index (χ1) is 9.47. The monoisotopic (exact) mass is 309 g/mol. The van der Waals surface area contributed by atoms with Gasteiger partial charge in [0.2, 0.25) is 5.95 Å². The van der Waals surface area contributed by atoms with E-state index in [2.05, 4.69) is 9.97 Å². The second-order valence-corrected chi connectivity index (χ2v) is 5.75. The quantitative estimate of drug-likeness (QED) is 0.724. The Morgan fingerprint density at radius 1 is 1.45 bits per heavy atom. The average molecular weight is 310 g/mol. The van der Waals surface area contributed by atoms with Gasteiger partial charge in [-0.15, -0.1) is 11.3 Å². The summed E-state index contributed by atoms with van der Waals surface area (Å²) >= 11 is 6.98. The Hall–Kier alpha value is -1.92. The van der Waals surface area contributed by atoms with Gasteiger partial charge < -0.3 is 5.73 Å². The van der Waals surface area contributed by atoms with Gasteiger partial charge >= 0.3 is 0 Å². The van der Waals surface area contributed by atoms with Crippen molar-refractivity contribution in [3.8, 4) is 10.4 Å². The first kappa shape index (κ1) is 13.1. The molecule has 0 amide bonds. The van der Waals surface area contributed by atoms with Gasteiger partial charge in [0.15, 0.2) is 0 Å². The van der Waals surface area contributed by atoms with Crippen LogP contribution in [-0.4, -0.2) is 9.97 Å². The molecule has 3 rings (SSSR count). The fourth-order valence-electron chi connectivity index (χ4n) is 2.09. The summed E-state index contributed by atoms with van der Waals surface area (Å²) in [4.78, 5) is 19.6. The van der Waals surface area contributed by atoms with Crippen LogP contribution in [0.4, 0.5) is 10.3 Å². The predicted octanol–water partition coefficient (Wildman–Crippen LogP) is 3.33. The Morgan fingerprint density at radius 3 is 2.90 bits per heavy atom. The predicted molar refractivity (Wildman–Crippen MR) is 79.8 cm³/mol. The normalized spacial score (nSPS) is 11.2. The summed E-state index contributed by atoms with van der Waals surface area (Å²) in [6.45, 7) is 1.76. The molecule has 3 N–H and O–H groups in total. The van der Waals surface area contributed by atoms with E-state index >= 15 is 0 Å². The number of nitrogens with one attached hydrogen (secondary N) is 1. The van der Waals surface area contributed by atoms with Gasteiger partial charge in [-0.05, 0) is 30.7 Å². The topological polar surface area (TPSA) is 71.8 Å². The second-order valence-electron chi connectivity index (χ2n) is 4.31. The maximum atomic E-state index is 14.0. The zero-order valence-corrected chi connectivity index (χ0v) is 11.9. The van der Waals surface area contributed by atoms with Crippen LogP contribution in [0.2, 0.25) is 5.02 Å². The molecule has 0 aliphatic heterocycles. The van der Waals surface area contributed by atoms with Gasteiger partial charge in [0.25, 0.3) is 5.56 Å². The smallest absolute Gasteiger partial charge is 0.261 e. The number of fused-ring (bicyclic) bond motifs is 1. The molecule has 0 aliphatic rings. The van der Waals surface area contributed by atoms with Crippen LogP contribution in [0.15, 0.2) is 23.0 Å². The highest BCUT2D eigenvalue weighted by Crippen LogP contribution is 2.37. The van der Waals surface area contributed by atoms with E-state index in [9.17, 15) is 9.18 Å². The van der Waals surface area contributed by atoms with E-state index in [1.165, 1.54) is 17.4 Å². The summed E-state index contributed by atoms with van der Waals surface area (Å²) in [6, 6.07) is 4.44. The summed E-state index contributed by atoms with van der Waals surface area (Å²) in [5.41, 5.74) is 6.28. The van der Waals surface area contributed by atoms with E-state index in [4.69, 9.17) is 17.3 Å². The summed E-state index contributed by atoms with van der Waals surface area (Å²) < 4.78 is 14.0. The van der Waals surface area contributed by atoms with Gasteiger partial charge in [-0.3, -0.25) is 9.78 Å². The van der Waals surface area contributed by atoms with E-state index in [-0.39, 0.29) is 11.5 Å². The number of aromatic amines is 1. The molecule has 0 aliphatic carbocycles. The molecule has 20 heavy (non-hydrogen) atoms. The van der Waals surface area contributed by atoms with Crippen LogP contribution in [-0.2, 0) is 0 Å². The number of nitrogen functional groups attached to an aromatic ring is 1. The molecule has 0 saturated heterocycles. The number of benzene rings is 1. The first-order valence-corrected chi connectivity index (χ1v) is 6.91. The molecule has 4 nitrogen and oxygen atoms in total. The van der Waals surface area contributed by atoms with Gasteiger partial charge in [-0.2, -0.15) is 0 Å². The SMILES string of the molecule is Cc1c(-c2ccc(Cl)cc2F)sc2nc(N)[nH]c(=O)c12. The summed E-state index contributed by atoms with van der Waals surface area (Å²) in [5, 5.41) is 0.763. The number of thiophene rings is 1. The lowest BCUT2D eigenvalue weighted by atomic mass is 10.1. The zero-order chi connectivity index (χ0) is 14.4. The molecule has 0 spiro atoms. The molecule has 0 bridgehead atoms. The van der Waals surface area contributed by atoms with E-state index in [0.29, 0.717) is 31.2 Å². The zero-order valence-electron chi connectivity index (χ0n) is 10.3. The van der Waals surface area contributed by atoms with Crippen molar-refractivity contribution < 1.29 is 4.39 Å². The van der Waals surface area contributed by atoms with E-state index < -0.39 is 5.82 Å². The number of aryl methyl sites for hydroxylation is 1. The van der Waals surface area contributed by atoms with Gasteiger partial charge in [0.1, 0.15) is 10.6 Å². The number of hydrogen-bond donors (Lipinski definition) is 2. The molecule has 0 atom stereocenters. The molecule has 0 unspecified atom stereocenters. The number of hydrogen-bond acceptors (Lipinski definition) is 4. The molecular weight excluding hydrogens is 301 g/mol. The summed E-state index contributed by atoms with van der Waals surface area (Å²) in [6.07, 6.45) is 0. The van der Waals surface area contributed by atoms with Gasteiger partial charge in [0, 0.05) is 15.5 Å². The molecule has 2 aromatic heterocycles. The number of aromatic nitrogens is 2. The minimum Gasteiger partial charge on any atom is -0.369 e. The highest BCUT2D eigenvalue weighted by Gasteiger charge is 2.17. The maximum absolute atomic E-state index is 14.0. The van der Waals surface area contributed by atoms with Crippen molar-refractivity contribution in [3.63, 3.8) is 0 Å². The molecular formula is C13H9ClFN3OS. The van der Waals surface area contributed by atoms with Crippen molar-refractivity contribution in [2.45, 2.75) is 6.92 Å². The van der Waals surface area contributed by atoms with Gasteiger partial charge in [-0.1, -0.05) is 11.6 Å². The van der Waals surface area contributed by atoms with Crippen LogP contribution < -0.4 is 11.3 Å². The minimum absolute atomic E-state index is 0.0480. The Morgan fingerprint density at radius 2 is 2.20 bits per heavy atom. The van der Waals surface area contributed by atoms with Crippen LogP contribution in [0.3, 0.4) is 0 Å². The number of halogens is 2. The Bertz CT molecular complexity index is 887. The number of nitrogens with two attached hydrogens (primary N) is 1. The number of nitrogens with zero attached hydrogens (tertiary/aromatic N) is 1. The largest absolute Gasteiger partial charge is 0.369 e.